The molecule has 1 amide bonds. The third-order valence-corrected chi connectivity index (χ3v) is 7.71. The van der Waals surface area contributed by atoms with Crippen LogP contribution in [0.1, 0.15) is 51.1 Å². The van der Waals surface area contributed by atoms with E-state index >= 15 is 0 Å². The van der Waals surface area contributed by atoms with E-state index in [-0.39, 0.29) is 18.1 Å². The van der Waals surface area contributed by atoms with Gasteiger partial charge < -0.3 is 14.5 Å². The van der Waals surface area contributed by atoms with Crippen LogP contribution in [0.25, 0.3) is 0 Å². The Morgan fingerprint density at radius 3 is 2.66 bits per heavy atom. The maximum atomic E-state index is 12.9. The van der Waals surface area contributed by atoms with Gasteiger partial charge in [-0.15, -0.1) is 10.2 Å². The molecule has 2 aliphatic rings. The van der Waals surface area contributed by atoms with E-state index in [1.165, 1.54) is 24.6 Å². The third-order valence-electron chi connectivity index (χ3n) is 6.76. The van der Waals surface area contributed by atoms with Crippen LogP contribution >= 0.6 is 11.8 Å². The largest absolute Gasteiger partial charge is 0.376 e. The lowest BCUT2D eigenvalue weighted by molar-refractivity contribution is -0.128. The Morgan fingerprint density at radius 1 is 1.22 bits per heavy atom. The first-order chi connectivity index (χ1) is 15.5. The zero-order chi connectivity index (χ0) is 22.5. The van der Waals surface area contributed by atoms with Gasteiger partial charge in [0.1, 0.15) is 0 Å². The van der Waals surface area contributed by atoms with Crippen molar-refractivity contribution in [3.8, 4) is 0 Å². The van der Waals surface area contributed by atoms with E-state index in [9.17, 15) is 4.79 Å². The first-order valence-corrected chi connectivity index (χ1v) is 12.7. The molecule has 0 N–H and O–H groups in total. The molecular formula is C24H35N5O2S. The highest BCUT2D eigenvalue weighted by molar-refractivity contribution is 7.99. The van der Waals surface area contributed by atoms with Crippen LogP contribution in [0, 0.1) is 5.92 Å². The molecule has 0 bridgehead atoms. The molecule has 2 saturated heterocycles. The normalized spacial score (nSPS) is 20.5. The fourth-order valence-corrected chi connectivity index (χ4v) is 5.25. The van der Waals surface area contributed by atoms with Gasteiger partial charge in [-0.2, -0.15) is 0 Å². The molecule has 7 nitrogen and oxygen atoms in total. The van der Waals surface area contributed by atoms with E-state index < -0.39 is 0 Å². The number of nitrogens with zero attached hydrogens (tertiary/aromatic N) is 5. The van der Waals surface area contributed by atoms with Crippen LogP contribution in [0.2, 0.25) is 0 Å². The van der Waals surface area contributed by atoms with Gasteiger partial charge in [-0.05, 0) is 44.1 Å². The van der Waals surface area contributed by atoms with Gasteiger partial charge in [0, 0.05) is 26.7 Å². The van der Waals surface area contributed by atoms with Crippen molar-refractivity contribution in [3.05, 3.63) is 35.9 Å². The summed E-state index contributed by atoms with van der Waals surface area (Å²) < 4.78 is 8.09. The first-order valence-electron chi connectivity index (χ1n) is 11.8. The molecule has 2 aromatic rings. The van der Waals surface area contributed by atoms with E-state index in [0.717, 1.165) is 61.7 Å². The Kier molecular flexibility index (Phi) is 7.73. The Labute approximate surface area is 195 Å². The van der Waals surface area contributed by atoms with E-state index in [1.54, 1.807) is 0 Å². The monoisotopic (exact) mass is 457 g/mol. The minimum Gasteiger partial charge on any atom is -0.376 e. The number of ether oxygens (including phenoxy) is 1. The fraction of sp³-hybridized carbons (Fsp3) is 0.625. The highest BCUT2D eigenvalue weighted by Crippen LogP contribution is 2.28. The zero-order valence-corrected chi connectivity index (χ0v) is 20.3. The van der Waals surface area contributed by atoms with Crippen LogP contribution in [0.4, 0.5) is 5.95 Å². The SMILES string of the molecule is CC1CCN(c2nnc(SCC(=O)N(C)C(C)c3ccccc3)n2CC2CCCO2)CC1. The van der Waals surface area contributed by atoms with E-state index in [2.05, 4.69) is 45.6 Å². The molecule has 3 heterocycles. The van der Waals surface area contributed by atoms with E-state index in [4.69, 9.17) is 4.74 Å². The standard InChI is InChI=1S/C24H35N5O2S/c1-18-11-13-28(14-12-18)23-25-26-24(29(23)16-21-10-7-15-31-21)32-17-22(30)27(3)19(2)20-8-5-4-6-9-20/h4-6,8-9,18-19,21H,7,10-17H2,1-3H3. The predicted octanol–water partition coefficient (Wildman–Crippen LogP) is 4.01. The van der Waals surface area contributed by atoms with Crippen LogP contribution in [-0.4, -0.2) is 64.2 Å². The molecule has 8 heteroatoms. The topological polar surface area (TPSA) is 63.5 Å². The fourth-order valence-electron chi connectivity index (χ4n) is 4.38. The van der Waals surface area contributed by atoms with Crippen molar-refractivity contribution in [1.29, 1.82) is 0 Å². The van der Waals surface area contributed by atoms with Crippen molar-refractivity contribution in [2.45, 2.75) is 63.4 Å². The maximum Gasteiger partial charge on any atom is 0.233 e. The first kappa shape index (κ1) is 23.1. The number of thioether (sulfide) groups is 1. The minimum atomic E-state index is 0.0277. The van der Waals surface area contributed by atoms with Gasteiger partial charge in [0.25, 0.3) is 0 Å². The second-order valence-electron chi connectivity index (χ2n) is 9.08. The lowest BCUT2D eigenvalue weighted by atomic mass is 10.00. The molecular weight excluding hydrogens is 422 g/mol. The lowest BCUT2D eigenvalue weighted by Crippen LogP contribution is -2.35. The average Bonchev–Trinajstić information content (AvgIpc) is 3.48. The van der Waals surface area contributed by atoms with Crippen LogP contribution < -0.4 is 4.90 Å². The Bertz CT molecular complexity index is 876. The van der Waals surface area contributed by atoms with Gasteiger partial charge in [-0.3, -0.25) is 9.36 Å². The van der Waals surface area contributed by atoms with Crippen molar-refractivity contribution < 1.29 is 9.53 Å². The molecule has 2 unspecified atom stereocenters. The Morgan fingerprint density at radius 2 is 1.97 bits per heavy atom. The molecule has 4 rings (SSSR count). The summed E-state index contributed by atoms with van der Waals surface area (Å²) in [5.74, 6) is 2.11. The van der Waals surface area contributed by atoms with Crippen LogP contribution in [-0.2, 0) is 16.1 Å². The van der Waals surface area contributed by atoms with E-state index in [1.807, 2.05) is 30.1 Å². The summed E-state index contributed by atoms with van der Waals surface area (Å²) in [5, 5.41) is 9.85. The van der Waals surface area contributed by atoms with Gasteiger partial charge in [0.2, 0.25) is 11.9 Å². The molecule has 0 aliphatic carbocycles. The predicted molar refractivity (Wildman–Crippen MR) is 128 cm³/mol. The molecule has 2 aliphatic heterocycles. The van der Waals surface area contributed by atoms with Gasteiger partial charge in [-0.1, -0.05) is 49.0 Å². The number of amides is 1. The van der Waals surface area contributed by atoms with Gasteiger partial charge >= 0.3 is 0 Å². The molecule has 0 saturated carbocycles. The summed E-state index contributed by atoms with van der Waals surface area (Å²) in [6.45, 7) is 7.96. The van der Waals surface area contributed by atoms with Crippen LogP contribution in [0.15, 0.2) is 35.5 Å². The summed E-state index contributed by atoms with van der Waals surface area (Å²) in [7, 11) is 1.87. The quantitative estimate of drug-likeness (QED) is 0.558. The molecule has 1 aromatic carbocycles. The molecule has 0 radical (unpaired) electrons. The Balaban J connectivity index is 1.44. The van der Waals surface area contributed by atoms with Gasteiger partial charge in [-0.25, -0.2) is 0 Å². The van der Waals surface area contributed by atoms with Crippen molar-refractivity contribution in [2.24, 2.45) is 5.92 Å². The summed E-state index contributed by atoms with van der Waals surface area (Å²) in [6.07, 6.45) is 4.72. The van der Waals surface area contributed by atoms with Crippen LogP contribution in [0.3, 0.4) is 0 Å². The number of anilines is 1. The number of benzene rings is 1. The number of carbonyl (C=O) groups is 1. The highest BCUT2D eigenvalue weighted by atomic mass is 32.2. The van der Waals surface area contributed by atoms with E-state index in [0.29, 0.717) is 5.75 Å². The average molecular weight is 458 g/mol. The van der Waals surface area contributed by atoms with Crippen molar-refractivity contribution in [2.75, 3.05) is 37.4 Å². The number of hydrogen-bond donors (Lipinski definition) is 0. The lowest BCUT2D eigenvalue weighted by Gasteiger charge is -2.31. The summed E-state index contributed by atoms with van der Waals surface area (Å²) in [5.41, 5.74) is 1.14. The van der Waals surface area contributed by atoms with Crippen molar-refractivity contribution >= 4 is 23.6 Å². The number of rotatable bonds is 8. The molecule has 2 fully saturated rings. The Hall–Kier alpha value is -2.06. The number of carbonyl (C=O) groups excluding carboxylic acids is 1. The van der Waals surface area contributed by atoms with Crippen molar-refractivity contribution in [1.82, 2.24) is 19.7 Å². The number of piperidine rings is 1. The maximum absolute atomic E-state index is 12.9. The third kappa shape index (κ3) is 5.46. The van der Waals surface area contributed by atoms with Gasteiger partial charge in [0.05, 0.1) is 24.4 Å². The minimum absolute atomic E-state index is 0.0277. The smallest absolute Gasteiger partial charge is 0.233 e. The number of hydrogen-bond acceptors (Lipinski definition) is 6. The second-order valence-corrected chi connectivity index (χ2v) is 10.0. The molecule has 0 spiro atoms. The van der Waals surface area contributed by atoms with Gasteiger partial charge in [0.15, 0.2) is 5.16 Å². The van der Waals surface area contributed by atoms with Crippen molar-refractivity contribution in [3.63, 3.8) is 0 Å². The molecule has 1 aromatic heterocycles. The second kappa shape index (κ2) is 10.7. The number of aromatic nitrogens is 3. The molecule has 2 atom stereocenters. The summed E-state index contributed by atoms with van der Waals surface area (Å²) >= 11 is 1.48. The summed E-state index contributed by atoms with van der Waals surface area (Å²) in [4.78, 5) is 17.1. The highest BCUT2D eigenvalue weighted by Gasteiger charge is 2.27. The zero-order valence-electron chi connectivity index (χ0n) is 19.4. The summed E-state index contributed by atoms with van der Waals surface area (Å²) in [6, 6.07) is 10.2. The molecule has 32 heavy (non-hydrogen) atoms. The molecule has 174 valence electrons. The van der Waals surface area contributed by atoms with Crippen LogP contribution in [0.5, 0.6) is 0 Å².